The van der Waals surface area contributed by atoms with Crippen molar-refractivity contribution in [2.45, 2.75) is 9.79 Å². The molecule has 0 amide bonds. The Morgan fingerprint density at radius 3 is 2.59 bits per heavy atom. The fourth-order valence-electron chi connectivity index (χ4n) is 1.77. The molecule has 0 aliphatic heterocycles. The zero-order valence-corrected chi connectivity index (χ0v) is 13.0. The zero-order valence-electron chi connectivity index (χ0n) is 11.4. The maximum atomic E-state index is 5.89. The number of nitrogen functional groups attached to an aromatic ring is 1. The number of nitrogens with zero attached hydrogens (tertiary/aromatic N) is 2. The van der Waals surface area contributed by atoms with Crippen molar-refractivity contribution >= 4 is 29.2 Å². The third-order valence-electron chi connectivity index (χ3n) is 2.76. The van der Waals surface area contributed by atoms with E-state index in [1.807, 2.05) is 42.5 Å². The molecule has 2 heterocycles. The maximum Gasteiger partial charge on any atom is 0.170 e. The van der Waals surface area contributed by atoms with Crippen molar-refractivity contribution < 1.29 is 4.74 Å². The van der Waals surface area contributed by atoms with Gasteiger partial charge in [0, 0.05) is 28.3 Å². The second-order valence-electron chi connectivity index (χ2n) is 4.39. The van der Waals surface area contributed by atoms with Crippen LogP contribution < -0.4 is 10.5 Å². The van der Waals surface area contributed by atoms with E-state index in [0.29, 0.717) is 22.5 Å². The molecule has 4 nitrogen and oxygen atoms in total. The maximum absolute atomic E-state index is 5.89. The molecule has 3 aromatic rings. The summed E-state index contributed by atoms with van der Waals surface area (Å²) in [4.78, 5) is 10.0. The minimum absolute atomic E-state index is 0.348. The normalized spacial score (nSPS) is 10.4. The van der Waals surface area contributed by atoms with Crippen LogP contribution in [-0.2, 0) is 0 Å². The quantitative estimate of drug-likeness (QED) is 0.705. The average molecular weight is 330 g/mol. The highest BCUT2D eigenvalue weighted by molar-refractivity contribution is 7.99. The molecule has 1 aromatic carbocycles. The van der Waals surface area contributed by atoms with E-state index in [9.17, 15) is 0 Å². The van der Waals surface area contributed by atoms with E-state index in [1.165, 1.54) is 11.8 Å². The Morgan fingerprint density at radius 2 is 1.82 bits per heavy atom. The summed E-state index contributed by atoms with van der Waals surface area (Å²) in [5.41, 5.74) is 5.88. The third kappa shape index (κ3) is 3.69. The van der Waals surface area contributed by atoms with Gasteiger partial charge in [-0.25, -0.2) is 9.97 Å². The van der Waals surface area contributed by atoms with Crippen LogP contribution in [-0.4, -0.2) is 9.97 Å². The fourth-order valence-corrected chi connectivity index (χ4v) is 2.86. The van der Waals surface area contributed by atoms with Crippen LogP contribution in [0.5, 0.6) is 11.5 Å². The lowest BCUT2D eigenvalue weighted by Gasteiger charge is -2.09. The van der Waals surface area contributed by atoms with Crippen LogP contribution in [0.4, 0.5) is 5.82 Å². The van der Waals surface area contributed by atoms with Gasteiger partial charge < -0.3 is 10.5 Å². The Balaban J connectivity index is 1.83. The third-order valence-corrected chi connectivity index (χ3v) is 3.92. The number of halogens is 1. The number of para-hydroxylation sites is 1. The van der Waals surface area contributed by atoms with Gasteiger partial charge in [0.15, 0.2) is 11.6 Å². The SMILES string of the molecule is Nc1ncc(Sc2ccnc(Cl)c2)cc1Oc1ccccc1. The van der Waals surface area contributed by atoms with Crippen molar-refractivity contribution in [2.75, 3.05) is 5.73 Å². The van der Waals surface area contributed by atoms with Crippen LogP contribution in [0.2, 0.25) is 5.15 Å². The molecular formula is C16H12ClN3OS. The van der Waals surface area contributed by atoms with Crippen molar-refractivity contribution in [1.29, 1.82) is 0 Å². The molecule has 22 heavy (non-hydrogen) atoms. The molecule has 3 rings (SSSR count). The molecule has 2 N–H and O–H groups in total. The van der Waals surface area contributed by atoms with Gasteiger partial charge in [0.1, 0.15) is 10.9 Å². The standard InChI is InChI=1S/C16H12ClN3OS/c17-15-9-12(6-7-19-15)22-13-8-14(16(18)20-10-13)21-11-4-2-1-3-5-11/h1-10H,(H2,18,20). The molecule has 0 fully saturated rings. The molecule has 0 bridgehead atoms. The molecule has 0 saturated heterocycles. The van der Waals surface area contributed by atoms with Gasteiger partial charge in [0.05, 0.1) is 0 Å². The Kier molecular flexibility index (Phi) is 4.46. The van der Waals surface area contributed by atoms with Gasteiger partial charge in [-0.1, -0.05) is 41.6 Å². The van der Waals surface area contributed by atoms with Crippen LogP contribution in [0.3, 0.4) is 0 Å². The van der Waals surface area contributed by atoms with E-state index in [1.54, 1.807) is 18.5 Å². The molecule has 0 atom stereocenters. The number of hydrogen-bond acceptors (Lipinski definition) is 5. The Morgan fingerprint density at radius 1 is 1.00 bits per heavy atom. The highest BCUT2D eigenvalue weighted by Crippen LogP contribution is 2.34. The molecular weight excluding hydrogens is 318 g/mol. The molecule has 0 radical (unpaired) electrons. The monoisotopic (exact) mass is 329 g/mol. The van der Waals surface area contributed by atoms with Crippen LogP contribution in [0, 0.1) is 0 Å². The summed E-state index contributed by atoms with van der Waals surface area (Å²) in [7, 11) is 0. The van der Waals surface area contributed by atoms with Crippen LogP contribution in [0.1, 0.15) is 0 Å². The van der Waals surface area contributed by atoms with Crippen molar-refractivity contribution in [3.63, 3.8) is 0 Å². The Hall–Kier alpha value is -2.24. The average Bonchev–Trinajstić information content (AvgIpc) is 2.52. The zero-order chi connectivity index (χ0) is 15.4. The first-order chi connectivity index (χ1) is 10.7. The van der Waals surface area contributed by atoms with Crippen molar-refractivity contribution in [2.24, 2.45) is 0 Å². The number of anilines is 1. The van der Waals surface area contributed by atoms with Gasteiger partial charge in [0.2, 0.25) is 0 Å². The van der Waals surface area contributed by atoms with Crippen molar-refractivity contribution in [3.8, 4) is 11.5 Å². The van der Waals surface area contributed by atoms with E-state index in [4.69, 9.17) is 22.1 Å². The largest absolute Gasteiger partial charge is 0.453 e. The van der Waals surface area contributed by atoms with Crippen LogP contribution in [0.15, 0.2) is 70.7 Å². The molecule has 110 valence electrons. The lowest BCUT2D eigenvalue weighted by atomic mass is 10.3. The van der Waals surface area contributed by atoms with Crippen molar-refractivity contribution in [1.82, 2.24) is 9.97 Å². The Bertz CT molecular complexity index is 783. The summed E-state index contributed by atoms with van der Waals surface area (Å²) in [5.74, 6) is 1.59. The molecule has 0 aliphatic rings. The summed E-state index contributed by atoms with van der Waals surface area (Å²) in [6.07, 6.45) is 3.36. The summed E-state index contributed by atoms with van der Waals surface area (Å²) in [6.45, 7) is 0. The first-order valence-electron chi connectivity index (χ1n) is 6.48. The van der Waals surface area contributed by atoms with Crippen LogP contribution >= 0.6 is 23.4 Å². The topological polar surface area (TPSA) is 61.0 Å². The summed E-state index contributed by atoms with van der Waals surface area (Å²) >= 11 is 7.40. The van der Waals surface area contributed by atoms with Crippen molar-refractivity contribution in [3.05, 3.63) is 66.1 Å². The summed E-state index contributed by atoms with van der Waals surface area (Å²) < 4.78 is 5.77. The smallest absolute Gasteiger partial charge is 0.170 e. The molecule has 2 aromatic heterocycles. The van der Waals surface area contributed by atoms with Gasteiger partial charge in [-0.15, -0.1) is 0 Å². The highest BCUT2D eigenvalue weighted by Gasteiger charge is 2.07. The summed E-state index contributed by atoms with van der Waals surface area (Å²) in [6, 6.07) is 15.0. The molecule has 0 saturated carbocycles. The number of nitrogens with two attached hydrogens (primary N) is 1. The first-order valence-corrected chi connectivity index (χ1v) is 7.68. The number of pyridine rings is 2. The second-order valence-corrected chi connectivity index (χ2v) is 5.92. The lowest BCUT2D eigenvalue weighted by molar-refractivity contribution is 0.481. The lowest BCUT2D eigenvalue weighted by Crippen LogP contribution is -1.95. The van der Waals surface area contributed by atoms with E-state index in [2.05, 4.69) is 9.97 Å². The van der Waals surface area contributed by atoms with Gasteiger partial charge in [-0.05, 0) is 24.3 Å². The van der Waals surface area contributed by atoms with E-state index in [0.717, 1.165) is 9.79 Å². The fraction of sp³-hybridized carbons (Fsp3) is 0. The van der Waals surface area contributed by atoms with E-state index < -0.39 is 0 Å². The van der Waals surface area contributed by atoms with Gasteiger partial charge in [0.25, 0.3) is 0 Å². The minimum atomic E-state index is 0.348. The Labute approximate surface area is 137 Å². The number of benzene rings is 1. The molecule has 6 heteroatoms. The first kappa shape index (κ1) is 14.7. The number of ether oxygens (including phenoxy) is 1. The van der Waals surface area contributed by atoms with E-state index in [-0.39, 0.29) is 0 Å². The van der Waals surface area contributed by atoms with Gasteiger partial charge >= 0.3 is 0 Å². The number of aromatic nitrogens is 2. The van der Waals surface area contributed by atoms with Gasteiger partial charge in [-0.3, -0.25) is 0 Å². The predicted octanol–water partition coefficient (Wildman–Crippen LogP) is 4.66. The number of rotatable bonds is 4. The van der Waals surface area contributed by atoms with Crippen LogP contribution in [0.25, 0.3) is 0 Å². The molecule has 0 unspecified atom stereocenters. The number of hydrogen-bond donors (Lipinski definition) is 1. The van der Waals surface area contributed by atoms with E-state index >= 15 is 0 Å². The highest BCUT2D eigenvalue weighted by atomic mass is 35.5. The second kappa shape index (κ2) is 6.68. The molecule has 0 aliphatic carbocycles. The molecule has 0 spiro atoms. The predicted molar refractivity (Wildman–Crippen MR) is 88.5 cm³/mol. The summed E-state index contributed by atoms with van der Waals surface area (Å²) in [5, 5.41) is 0.453. The van der Waals surface area contributed by atoms with Gasteiger partial charge in [-0.2, -0.15) is 0 Å². The minimum Gasteiger partial charge on any atom is -0.453 e.